The van der Waals surface area contributed by atoms with Crippen LogP contribution in [0.2, 0.25) is 0 Å². The summed E-state index contributed by atoms with van der Waals surface area (Å²) in [6, 6.07) is 8.54. The van der Waals surface area contributed by atoms with E-state index in [1.54, 1.807) is 0 Å². The Morgan fingerprint density at radius 2 is 2.14 bits per heavy atom. The maximum absolute atomic E-state index is 12.6. The molecule has 0 bridgehead atoms. The van der Waals surface area contributed by atoms with Gasteiger partial charge >= 0.3 is 0 Å². The number of anilines is 1. The third-order valence-electron chi connectivity index (χ3n) is 4.81. The summed E-state index contributed by atoms with van der Waals surface area (Å²) in [5, 5.41) is 0. The van der Waals surface area contributed by atoms with E-state index in [1.165, 1.54) is 25.8 Å². The first-order valence-electron chi connectivity index (χ1n) is 8.01. The molecule has 2 N–H and O–H groups in total. The van der Waals surface area contributed by atoms with Crippen molar-refractivity contribution in [1.29, 1.82) is 0 Å². The monoisotopic (exact) mass is 323 g/mol. The van der Waals surface area contributed by atoms with Gasteiger partial charge in [0.05, 0.1) is 6.42 Å². The Kier molecular flexibility index (Phi) is 5.70. The zero-order valence-electron chi connectivity index (χ0n) is 13.2. The standard InChI is InChI=1S/C17H25N3O.ClH/c1-13-11-19-8-3-2-7-16(19)12-20(13)17(21)10-14-5-4-6-15(18)9-14;/h4-6,9,13,16H,2-3,7-8,10-12,18H2,1H3;1H. The lowest BCUT2D eigenvalue weighted by atomic mass is 9.96. The fraction of sp³-hybridized carbons (Fsp3) is 0.588. The first-order valence-corrected chi connectivity index (χ1v) is 8.01. The Bertz CT molecular complexity index is 522. The molecular weight excluding hydrogens is 298 g/mol. The van der Waals surface area contributed by atoms with Crippen LogP contribution in [0.15, 0.2) is 24.3 Å². The molecule has 3 rings (SSSR count). The van der Waals surface area contributed by atoms with Gasteiger partial charge in [0.15, 0.2) is 0 Å². The molecule has 0 saturated carbocycles. The number of piperidine rings is 1. The third-order valence-corrected chi connectivity index (χ3v) is 4.81. The van der Waals surface area contributed by atoms with Gasteiger partial charge in [-0.1, -0.05) is 18.6 Å². The van der Waals surface area contributed by atoms with E-state index in [4.69, 9.17) is 5.73 Å². The Morgan fingerprint density at radius 3 is 2.91 bits per heavy atom. The molecule has 5 heteroatoms. The fourth-order valence-electron chi connectivity index (χ4n) is 3.68. The molecule has 0 radical (unpaired) electrons. The van der Waals surface area contributed by atoms with Crippen LogP contribution in [0.25, 0.3) is 0 Å². The lowest BCUT2D eigenvalue weighted by molar-refractivity contribution is -0.137. The van der Waals surface area contributed by atoms with Crippen LogP contribution in [0.3, 0.4) is 0 Å². The van der Waals surface area contributed by atoms with Gasteiger partial charge in [0.2, 0.25) is 5.91 Å². The SMILES string of the molecule is CC1CN2CCCCC2CN1C(=O)Cc1cccc(N)c1.Cl. The number of piperazine rings is 1. The molecule has 2 aliphatic rings. The molecule has 122 valence electrons. The third kappa shape index (κ3) is 3.73. The second kappa shape index (κ2) is 7.34. The van der Waals surface area contributed by atoms with Gasteiger partial charge in [-0.2, -0.15) is 0 Å². The largest absolute Gasteiger partial charge is 0.399 e. The van der Waals surface area contributed by atoms with Crippen molar-refractivity contribution >= 4 is 24.0 Å². The molecule has 22 heavy (non-hydrogen) atoms. The highest BCUT2D eigenvalue weighted by atomic mass is 35.5. The van der Waals surface area contributed by atoms with Crippen LogP contribution < -0.4 is 5.73 Å². The van der Waals surface area contributed by atoms with Crippen LogP contribution in [-0.2, 0) is 11.2 Å². The Hall–Kier alpha value is -1.26. The van der Waals surface area contributed by atoms with Crippen LogP contribution >= 0.6 is 12.4 Å². The smallest absolute Gasteiger partial charge is 0.227 e. The van der Waals surface area contributed by atoms with Crippen molar-refractivity contribution in [3.05, 3.63) is 29.8 Å². The number of carbonyl (C=O) groups is 1. The number of carbonyl (C=O) groups excluding carboxylic acids is 1. The lowest BCUT2D eigenvalue weighted by Crippen LogP contribution is -2.60. The quantitative estimate of drug-likeness (QED) is 0.850. The zero-order chi connectivity index (χ0) is 14.8. The minimum atomic E-state index is 0. The molecular formula is C17H26ClN3O. The highest BCUT2D eigenvalue weighted by molar-refractivity contribution is 5.85. The summed E-state index contributed by atoms with van der Waals surface area (Å²) < 4.78 is 0. The molecule has 1 aromatic carbocycles. The number of benzene rings is 1. The molecule has 2 unspecified atom stereocenters. The van der Waals surface area contributed by atoms with Gasteiger partial charge in [-0.25, -0.2) is 0 Å². The van der Waals surface area contributed by atoms with Crippen LogP contribution in [0.1, 0.15) is 31.7 Å². The molecule has 2 atom stereocenters. The molecule has 0 aromatic heterocycles. The second-order valence-electron chi connectivity index (χ2n) is 6.46. The van der Waals surface area contributed by atoms with Gasteiger partial charge in [0.1, 0.15) is 0 Å². The van der Waals surface area contributed by atoms with Crippen molar-refractivity contribution < 1.29 is 4.79 Å². The van der Waals surface area contributed by atoms with Gasteiger partial charge in [-0.05, 0) is 44.0 Å². The minimum Gasteiger partial charge on any atom is -0.399 e. The second-order valence-corrected chi connectivity index (χ2v) is 6.46. The average molecular weight is 324 g/mol. The minimum absolute atomic E-state index is 0. The molecule has 2 fully saturated rings. The number of rotatable bonds is 2. The van der Waals surface area contributed by atoms with Gasteiger partial charge in [0, 0.05) is 30.9 Å². The van der Waals surface area contributed by atoms with E-state index in [2.05, 4.69) is 16.7 Å². The molecule has 1 amide bonds. The summed E-state index contributed by atoms with van der Waals surface area (Å²) in [7, 11) is 0. The van der Waals surface area contributed by atoms with E-state index in [0.717, 1.165) is 24.3 Å². The first-order chi connectivity index (χ1) is 10.1. The number of nitrogens with zero attached hydrogens (tertiary/aromatic N) is 2. The van der Waals surface area contributed by atoms with Gasteiger partial charge in [0.25, 0.3) is 0 Å². The Labute approximate surface area is 139 Å². The average Bonchev–Trinajstić information content (AvgIpc) is 2.46. The van der Waals surface area contributed by atoms with Crippen molar-refractivity contribution in [3.8, 4) is 0 Å². The van der Waals surface area contributed by atoms with E-state index in [-0.39, 0.29) is 18.3 Å². The molecule has 0 spiro atoms. The summed E-state index contributed by atoms with van der Waals surface area (Å²) in [6.45, 7) is 5.28. The number of hydrogen-bond acceptors (Lipinski definition) is 3. The first kappa shape index (κ1) is 17.1. The molecule has 1 aromatic rings. The number of hydrogen-bond donors (Lipinski definition) is 1. The van der Waals surface area contributed by atoms with Crippen molar-refractivity contribution in [3.63, 3.8) is 0 Å². The molecule has 2 saturated heterocycles. The number of halogens is 1. The highest BCUT2D eigenvalue weighted by Crippen LogP contribution is 2.24. The normalized spacial score (nSPS) is 25.2. The summed E-state index contributed by atoms with van der Waals surface area (Å²) in [5.41, 5.74) is 7.54. The summed E-state index contributed by atoms with van der Waals surface area (Å²) >= 11 is 0. The molecule has 0 aliphatic carbocycles. The van der Waals surface area contributed by atoms with Crippen LogP contribution in [0, 0.1) is 0 Å². The Balaban J connectivity index is 0.00000176. The van der Waals surface area contributed by atoms with Gasteiger partial charge in [-0.15, -0.1) is 12.4 Å². The maximum Gasteiger partial charge on any atom is 0.227 e. The van der Waals surface area contributed by atoms with E-state index in [0.29, 0.717) is 18.5 Å². The topological polar surface area (TPSA) is 49.6 Å². The molecule has 4 nitrogen and oxygen atoms in total. The molecule has 2 heterocycles. The fourth-order valence-corrected chi connectivity index (χ4v) is 3.68. The van der Waals surface area contributed by atoms with Crippen LogP contribution in [-0.4, -0.2) is 47.4 Å². The van der Waals surface area contributed by atoms with Crippen LogP contribution in [0.5, 0.6) is 0 Å². The van der Waals surface area contributed by atoms with Crippen molar-refractivity contribution in [2.24, 2.45) is 0 Å². The highest BCUT2D eigenvalue weighted by Gasteiger charge is 2.34. The van der Waals surface area contributed by atoms with E-state index < -0.39 is 0 Å². The summed E-state index contributed by atoms with van der Waals surface area (Å²) in [6.07, 6.45) is 4.30. The number of nitrogen functional groups attached to an aromatic ring is 1. The zero-order valence-corrected chi connectivity index (χ0v) is 14.0. The van der Waals surface area contributed by atoms with E-state index >= 15 is 0 Å². The van der Waals surface area contributed by atoms with E-state index in [1.807, 2.05) is 24.3 Å². The van der Waals surface area contributed by atoms with Crippen LogP contribution in [0.4, 0.5) is 5.69 Å². The number of amides is 1. The van der Waals surface area contributed by atoms with Crippen molar-refractivity contribution in [2.75, 3.05) is 25.4 Å². The predicted octanol–water partition coefficient (Wildman–Crippen LogP) is 2.32. The maximum atomic E-state index is 12.6. The number of fused-ring (bicyclic) bond motifs is 1. The van der Waals surface area contributed by atoms with E-state index in [9.17, 15) is 4.79 Å². The lowest BCUT2D eigenvalue weighted by Gasteiger charge is -2.47. The number of nitrogens with two attached hydrogens (primary N) is 1. The molecule has 2 aliphatic heterocycles. The van der Waals surface area contributed by atoms with Gasteiger partial charge < -0.3 is 10.6 Å². The van der Waals surface area contributed by atoms with Crippen molar-refractivity contribution in [2.45, 2.75) is 44.7 Å². The van der Waals surface area contributed by atoms with Gasteiger partial charge in [-0.3, -0.25) is 9.69 Å². The summed E-state index contributed by atoms with van der Waals surface area (Å²) in [4.78, 5) is 17.3. The Morgan fingerprint density at radius 1 is 1.32 bits per heavy atom. The summed E-state index contributed by atoms with van der Waals surface area (Å²) in [5.74, 6) is 0.235. The predicted molar refractivity (Wildman–Crippen MR) is 92.2 cm³/mol. The van der Waals surface area contributed by atoms with Crippen molar-refractivity contribution in [1.82, 2.24) is 9.80 Å².